The van der Waals surface area contributed by atoms with Crippen LogP contribution in [0, 0.1) is 6.92 Å². The second kappa shape index (κ2) is 7.29. The minimum Gasteiger partial charge on any atom is -0.365 e. The molecule has 0 spiro atoms. The lowest BCUT2D eigenvalue weighted by molar-refractivity contribution is 0.100. The third-order valence-corrected chi connectivity index (χ3v) is 6.32. The zero-order chi connectivity index (χ0) is 19.0. The van der Waals surface area contributed by atoms with Gasteiger partial charge in [-0.05, 0) is 50.3 Å². The van der Waals surface area contributed by atoms with Crippen molar-refractivity contribution < 1.29 is 4.79 Å². The van der Waals surface area contributed by atoms with Gasteiger partial charge in [-0.2, -0.15) is 5.10 Å². The zero-order valence-electron chi connectivity index (χ0n) is 14.9. The van der Waals surface area contributed by atoms with E-state index >= 15 is 0 Å². The van der Waals surface area contributed by atoms with E-state index < -0.39 is 5.91 Å². The standard InChI is InChI=1S/C20H19ClN4OS/c1-12-15(18(21)25(24-12)13-7-3-2-4-8-13)11-23-20-17(19(22)26)14-9-5-6-10-16(14)27-20/h2-4,7-8,11H,5-6,9-10H2,1H3,(H2,22,26)/b23-11+. The molecular formula is C20H19ClN4OS. The van der Waals surface area contributed by atoms with Gasteiger partial charge in [0, 0.05) is 11.1 Å². The summed E-state index contributed by atoms with van der Waals surface area (Å²) in [7, 11) is 0. The summed E-state index contributed by atoms with van der Waals surface area (Å²) in [6.07, 6.45) is 5.80. The van der Waals surface area contributed by atoms with Crippen molar-refractivity contribution in [2.45, 2.75) is 32.6 Å². The van der Waals surface area contributed by atoms with E-state index in [2.05, 4.69) is 10.1 Å². The average Bonchev–Trinajstić information content (AvgIpc) is 3.18. The van der Waals surface area contributed by atoms with Crippen molar-refractivity contribution in [2.75, 3.05) is 0 Å². The minimum atomic E-state index is -0.413. The van der Waals surface area contributed by atoms with Gasteiger partial charge in [-0.1, -0.05) is 29.8 Å². The third-order valence-electron chi connectivity index (χ3n) is 4.76. The van der Waals surface area contributed by atoms with Crippen LogP contribution >= 0.6 is 22.9 Å². The number of aromatic nitrogens is 2. The van der Waals surface area contributed by atoms with E-state index in [9.17, 15) is 4.79 Å². The van der Waals surface area contributed by atoms with E-state index in [1.54, 1.807) is 22.2 Å². The summed E-state index contributed by atoms with van der Waals surface area (Å²) in [4.78, 5) is 17.8. The van der Waals surface area contributed by atoms with Crippen LogP contribution in [0.5, 0.6) is 0 Å². The Hall–Kier alpha value is -2.44. The number of benzene rings is 1. The predicted octanol–water partition coefficient (Wildman–Crippen LogP) is 4.62. The van der Waals surface area contributed by atoms with Crippen molar-refractivity contribution in [2.24, 2.45) is 10.7 Å². The van der Waals surface area contributed by atoms with Gasteiger partial charge < -0.3 is 5.73 Å². The van der Waals surface area contributed by atoms with Gasteiger partial charge >= 0.3 is 0 Å². The van der Waals surface area contributed by atoms with Crippen LogP contribution < -0.4 is 5.73 Å². The van der Waals surface area contributed by atoms with E-state index in [1.165, 1.54) is 4.88 Å². The van der Waals surface area contributed by atoms with Gasteiger partial charge in [0.15, 0.2) is 0 Å². The molecule has 0 radical (unpaired) electrons. The van der Waals surface area contributed by atoms with Crippen molar-refractivity contribution >= 4 is 40.1 Å². The van der Waals surface area contributed by atoms with Crippen molar-refractivity contribution in [3.8, 4) is 5.69 Å². The van der Waals surface area contributed by atoms with Crippen LogP contribution in [0.4, 0.5) is 5.00 Å². The lowest BCUT2D eigenvalue weighted by Crippen LogP contribution is -2.14. The van der Waals surface area contributed by atoms with E-state index in [0.29, 0.717) is 15.7 Å². The summed E-state index contributed by atoms with van der Waals surface area (Å²) in [5, 5.41) is 5.67. The van der Waals surface area contributed by atoms with Crippen molar-refractivity contribution in [1.82, 2.24) is 9.78 Å². The number of halogens is 1. The van der Waals surface area contributed by atoms with Crippen LogP contribution in [0.25, 0.3) is 5.69 Å². The number of nitrogens with two attached hydrogens (primary N) is 1. The first-order valence-electron chi connectivity index (χ1n) is 8.85. The molecule has 0 fully saturated rings. The maximum atomic E-state index is 12.0. The molecule has 7 heteroatoms. The van der Waals surface area contributed by atoms with Crippen LogP contribution in [0.2, 0.25) is 5.15 Å². The fourth-order valence-corrected chi connectivity index (χ4v) is 4.98. The Balaban J connectivity index is 1.73. The molecule has 2 aromatic heterocycles. The average molecular weight is 399 g/mol. The molecule has 0 unspecified atom stereocenters. The molecule has 4 rings (SSSR count). The summed E-state index contributed by atoms with van der Waals surface area (Å²) in [6.45, 7) is 1.89. The Morgan fingerprint density at radius 2 is 2.04 bits per heavy atom. The summed E-state index contributed by atoms with van der Waals surface area (Å²) >= 11 is 8.11. The van der Waals surface area contributed by atoms with Gasteiger partial charge in [0.2, 0.25) is 0 Å². The molecule has 0 bridgehead atoms. The number of carbonyl (C=O) groups excluding carboxylic acids is 1. The van der Waals surface area contributed by atoms with Crippen LogP contribution in [0.15, 0.2) is 35.3 Å². The van der Waals surface area contributed by atoms with Gasteiger partial charge in [-0.3, -0.25) is 4.79 Å². The number of rotatable bonds is 4. The highest BCUT2D eigenvalue weighted by Crippen LogP contribution is 2.39. The number of hydrogen-bond donors (Lipinski definition) is 1. The first-order chi connectivity index (χ1) is 13.1. The van der Waals surface area contributed by atoms with Crippen molar-refractivity contribution in [3.05, 3.63) is 62.7 Å². The quantitative estimate of drug-likeness (QED) is 0.651. The fourth-order valence-electron chi connectivity index (χ4n) is 3.42. The lowest BCUT2D eigenvalue weighted by atomic mass is 9.95. The monoisotopic (exact) mass is 398 g/mol. The molecule has 0 saturated carbocycles. The number of hydrogen-bond acceptors (Lipinski definition) is 4. The second-order valence-electron chi connectivity index (χ2n) is 6.55. The molecule has 0 atom stereocenters. The molecule has 1 aliphatic carbocycles. The second-order valence-corrected chi connectivity index (χ2v) is 7.99. The third kappa shape index (κ3) is 3.31. The van der Waals surface area contributed by atoms with Gasteiger partial charge in [0.1, 0.15) is 10.2 Å². The largest absolute Gasteiger partial charge is 0.365 e. The summed E-state index contributed by atoms with van der Waals surface area (Å²) in [6, 6.07) is 9.70. The Morgan fingerprint density at radius 3 is 2.78 bits per heavy atom. The molecule has 0 saturated heterocycles. The topological polar surface area (TPSA) is 73.3 Å². The van der Waals surface area contributed by atoms with E-state index in [-0.39, 0.29) is 0 Å². The maximum absolute atomic E-state index is 12.0. The van der Waals surface area contributed by atoms with Gasteiger partial charge in [0.05, 0.1) is 22.5 Å². The predicted molar refractivity (Wildman–Crippen MR) is 110 cm³/mol. The SMILES string of the molecule is Cc1nn(-c2ccccc2)c(Cl)c1/C=N/c1sc2c(c1C(N)=O)CCCC2. The van der Waals surface area contributed by atoms with E-state index in [1.807, 2.05) is 37.3 Å². The number of aryl methyl sites for hydroxylation is 2. The molecular weight excluding hydrogens is 380 g/mol. The molecule has 2 heterocycles. The Labute approximate surface area is 166 Å². The van der Waals surface area contributed by atoms with Gasteiger partial charge in [-0.15, -0.1) is 11.3 Å². The van der Waals surface area contributed by atoms with Crippen LogP contribution in [-0.4, -0.2) is 21.9 Å². The molecule has 0 aliphatic heterocycles. The fraction of sp³-hybridized carbons (Fsp3) is 0.250. The van der Waals surface area contributed by atoms with Crippen LogP contribution in [0.1, 0.15) is 44.9 Å². The Bertz CT molecular complexity index is 1040. The molecule has 27 heavy (non-hydrogen) atoms. The molecule has 138 valence electrons. The Kier molecular flexibility index (Phi) is 4.85. The molecule has 5 nitrogen and oxygen atoms in total. The number of aliphatic imine (C=N–C) groups is 1. The first-order valence-corrected chi connectivity index (χ1v) is 10.0. The summed E-state index contributed by atoms with van der Waals surface area (Å²) in [5.41, 5.74) is 9.68. The molecule has 3 aromatic rings. The number of para-hydroxylation sites is 1. The minimum absolute atomic E-state index is 0.413. The van der Waals surface area contributed by atoms with Crippen LogP contribution in [-0.2, 0) is 12.8 Å². The number of thiophene rings is 1. The normalized spacial score (nSPS) is 13.9. The summed E-state index contributed by atoms with van der Waals surface area (Å²) in [5.74, 6) is -0.413. The molecule has 1 amide bonds. The highest BCUT2D eigenvalue weighted by Gasteiger charge is 2.24. The highest BCUT2D eigenvalue weighted by molar-refractivity contribution is 7.16. The number of carbonyl (C=O) groups is 1. The first kappa shape index (κ1) is 17.9. The van der Waals surface area contributed by atoms with Crippen molar-refractivity contribution in [1.29, 1.82) is 0 Å². The van der Waals surface area contributed by atoms with Crippen LogP contribution in [0.3, 0.4) is 0 Å². The summed E-state index contributed by atoms with van der Waals surface area (Å²) < 4.78 is 1.69. The molecule has 1 aromatic carbocycles. The smallest absolute Gasteiger partial charge is 0.252 e. The van der Waals surface area contributed by atoms with E-state index in [0.717, 1.165) is 48.2 Å². The highest BCUT2D eigenvalue weighted by atomic mass is 35.5. The number of nitrogens with zero attached hydrogens (tertiary/aromatic N) is 3. The maximum Gasteiger partial charge on any atom is 0.252 e. The van der Waals surface area contributed by atoms with E-state index in [4.69, 9.17) is 17.3 Å². The number of fused-ring (bicyclic) bond motifs is 1. The van der Waals surface area contributed by atoms with Crippen molar-refractivity contribution in [3.63, 3.8) is 0 Å². The molecule has 2 N–H and O–H groups in total. The molecule has 1 aliphatic rings. The van der Waals surface area contributed by atoms with Gasteiger partial charge in [-0.25, -0.2) is 9.67 Å². The number of primary amides is 1. The van der Waals surface area contributed by atoms with Gasteiger partial charge in [0.25, 0.3) is 5.91 Å². The number of amides is 1. The Morgan fingerprint density at radius 1 is 1.30 bits per heavy atom. The zero-order valence-corrected chi connectivity index (χ0v) is 16.5. The lowest BCUT2D eigenvalue weighted by Gasteiger charge is -2.10.